The van der Waals surface area contributed by atoms with Crippen molar-refractivity contribution < 1.29 is 4.74 Å². The summed E-state index contributed by atoms with van der Waals surface area (Å²) < 4.78 is 6.08. The summed E-state index contributed by atoms with van der Waals surface area (Å²) in [7, 11) is 0. The smallest absolute Gasteiger partial charge is 0.130 e. The molecule has 0 unspecified atom stereocenters. The number of rotatable bonds is 5. The maximum Gasteiger partial charge on any atom is 0.130 e. The third-order valence-electron chi connectivity index (χ3n) is 3.52. The monoisotopic (exact) mass is 283 g/mol. The summed E-state index contributed by atoms with van der Waals surface area (Å²) in [5.41, 5.74) is 4.82. The molecule has 0 fully saturated rings. The molecule has 2 heteroatoms. The molecule has 0 radical (unpaired) electrons. The van der Waals surface area contributed by atoms with E-state index in [0.717, 1.165) is 23.6 Å². The first kappa shape index (κ1) is 15.6. The Morgan fingerprint density at radius 3 is 2.33 bits per heavy atom. The van der Waals surface area contributed by atoms with Gasteiger partial charge in [0.2, 0.25) is 0 Å². The van der Waals surface area contributed by atoms with Crippen molar-refractivity contribution in [3.05, 3.63) is 58.7 Å². The number of benzene rings is 2. The van der Waals surface area contributed by atoms with Gasteiger partial charge in [0, 0.05) is 12.6 Å². The van der Waals surface area contributed by atoms with E-state index in [0.29, 0.717) is 6.04 Å². The SMILES string of the molecule is Cc1ccc(C)c(Oc2ccc(CNC(C)C)cc2C)c1. The molecule has 2 aromatic carbocycles. The van der Waals surface area contributed by atoms with E-state index in [1.165, 1.54) is 16.7 Å². The standard InChI is InChI=1S/C19H25NO/c1-13(2)20-12-17-8-9-18(16(5)11-17)21-19-10-14(3)6-7-15(19)4/h6-11,13,20H,12H2,1-5H3. The van der Waals surface area contributed by atoms with Crippen LogP contribution in [0.4, 0.5) is 0 Å². The molecule has 21 heavy (non-hydrogen) atoms. The largest absolute Gasteiger partial charge is 0.457 e. The van der Waals surface area contributed by atoms with Crippen LogP contribution in [0.2, 0.25) is 0 Å². The Morgan fingerprint density at radius 1 is 0.905 bits per heavy atom. The van der Waals surface area contributed by atoms with Crippen LogP contribution in [-0.4, -0.2) is 6.04 Å². The lowest BCUT2D eigenvalue weighted by atomic mass is 10.1. The molecule has 0 saturated heterocycles. The van der Waals surface area contributed by atoms with Gasteiger partial charge in [0.25, 0.3) is 0 Å². The second-order valence-corrected chi connectivity index (χ2v) is 6.01. The minimum atomic E-state index is 0.496. The van der Waals surface area contributed by atoms with Crippen molar-refractivity contribution in [3.63, 3.8) is 0 Å². The molecule has 0 spiro atoms. The van der Waals surface area contributed by atoms with E-state index < -0.39 is 0 Å². The fourth-order valence-electron chi connectivity index (χ4n) is 2.19. The van der Waals surface area contributed by atoms with Crippen molar-refractivity contribution in [1.29, 1.82) is 0 Å². The maximum absolute atomic E-state index is 6.08. The van der Waals surface area contributed by atoms with Gasteiger partial charge < -0.3 is 10.1 Å². The third-order valence-corrected chi connectivity index (χ3v) is 3.52. The average molecular weight is 283 g/mol. The van der Waals surface area contributed by atoms with E-state index in [4.69, 9.17) is 4.74 Å². The van der Waals surface area contributed by atoms with E-state index in [2.05, 4.69) is 76.3 Å². The van der Waals surface area contributed by atoms with E-state index >= 15 is 0 Å². The van der Waals surface area contributed by atoms with E-state index in [-0.39, 0.29) is 0 Å². The molecule has 0 bridgehead atoms. The topological polar surface area (TPSA) is 21.3 Å². The summed E-state index contributed by atoms with van der Waals surface area (Å²) >= 11 is 0. The number of hydrogen-bond acceptors (Lipinski definition) is 2. The molecule has 0 atom stereocenters. The van der Waals surface area contributed by atoms with Gasteiger partial charge in [-0.05, 0) is 55.2 Å². The van der Waals surface area contributed by atoms with Gasteiger partial charge in [-0.3, -0.25) is 0 Å². The van der Waals surface area contributed by atoms with Crippen molar-refractivity contribution in [1.82, 2.24) is 5.32 Å². The number of ether oxygens (including phenoxy) is 1. The van der Waals surface area contributed by atoms with Gasteiger partial charge >= 0.3 is 0 Å². The molecule has 2 nitrogen and oxygen atoms in total. The Balaban J connectivity index is 2.15. The Morgan fingerprint density at radius 2 is 1.67 bits per heavy atom. The molecular formula is C19H25NO. The Labute approximate surface area is 128 Å². The predicted molar refractivity (Wildman–Crippen MR) is 89.1 cm³/mol. The van der Waals surface area contributed by atoms with Crippen LogP contribution in [0, 0.1) is 20.8 Å². The third kappa shape index (κ3) is 4.33. The first-order valence-electron chi connectivity index (χ1n) is 7.53. The summed E-state index contributed by atoms with van der Waals surface area (Å²) in [6.07, 6.45) is 0. The van der Waals surface area contributed by atoms with Crippen LogP contribution in [-0.2, 0) is 6.54 Å². The second kappa shape index (κ2) is 6.77. The van der Waals surface area contributed by atoms with E-state index in [1.807, 2.05) is 0 Å². The summed E-state index contributed by atoms with van der Waals surface area (Å²) in [5.74, 6) is 1.86. The van der Waals surface area contributed by atoms with Gasteiger partial charge in [-0.1, -0.05) is 38.1 Å². The van der Waals surface area contributed by atoms with Crippen molar-refractivity contribution >= 4 is 0 Å². The highest BCUT2D eigenvalue weighted by molar-refractivity contribution is 5.43. The quantitative estimate of drug-likeness (QED) is 0.842. The maximum atomic E-state index is 6.08. The fraction of sp³-hybridized carbons (Fsp3) is 0.368. The van der Waals surface area contributed by atoms with Crippen LogP contribution in [0.1, 0.15) is 36.1 Å². The second-order valence-electron chi connectivity index (χ2n) is 6.01. The first-order chi connectivity index (χ1) is 9.95. The van der Waals surface area contributed by atoms with Gasteiger partial charge in [0.15, 0.2) is 0 Å². The summed E-state index contributed by atoms with van der Waals surface area (Å²) in [6, 6.07) is 13.2. The van der Waals surface area contributed by atoms with Crippen LogP contribution < -0.4 is 10.1 Å². The molecule has 0 amide bonds. The highest BCUT2D eigenvalue weighted by Gasteiger charge is 2.06. The number of aryl methyl sites for hydroxylation is 3. The lowest BCUT2D eigenvalue weighted by Gasteiger charge is -2.14. The predicted octanol–water partition coefficient (Wildman–Crippen LogP) is 4.90. The van der Waals surface area contributed by atoms with Gasteiger partial charge in [0.1, 0.15) is 11.5 Å². The molecule has 1 N–H and O–H groups in total. The van der Waals surface area contributed by atoms with E-state index in [9.17, 15) is 0 Å². The Hall–Kier alpha value is -1.80. The number of hydrogen-bond donors (Lipinski definition) is 1. The molecule has 0 heterocycles. The zero-order chi connectivity index (χ0) is 15.4. The fourth-order valence-corrected chi connectivity index (χ4v) is 2.19. The summed E-state index contributed by atoms with van der Waals surface area (Å²) in [4.78, 5) is 0. The van der Waals surface area contributed by atoms with Gasteiger partial charge in [0.05, 0.1) is 0 Å². The summed E-state index contributed by atoms with van der Waals surface area (Å²) in [5, 5.41) is 3.43. The normalized spacial score (nSPS) is 11.0. The van der Waals surface area contributed by atoms with Gasteiger partial charge in [-0.2, -0.15) is 0 Å². The molecule has 0 aromatic heterocycles. The zero-order valence-corrected chi connectivity index (χ0v) is 13.7. The van der Waals surface area contributed by atoms with Gasteiger partial charge in [-0.25, -0.2) is 0 Å². The molecule has 0 saturated carbocycles. The lowest BCUT2D eigenvalue weighted by molar-refractivity contribution is 0.474. The molecule has 2 aromatic rings. The molecular weight excluding hydrogens is 258 g/mol. The molecule has 0 aliphatic carbocycles. The first-order valence-corrected chi connectivity index (χ1v) is 7.53. The highest BCUT2D eigenvalue weighted by Crippen LogP contribution is 2.29. The van der Waals surface area contributed by atoms with Crippen LogP contribution in [0.15, 0.2) is 36.4 Å². The van der Waals surface area contributed by atoms with Crippen LogP contribution in [0.5, 0.6) is 11.5 Å². The van der Waals surface area contributed by atoms with Crippen LogP contribution >= 0.6 is 0 Å². The van der Waals surface area contributed by atoms with Crippen molar-refractivity contribution in [2.75, 3.05) is 0 Å². The van der Waals surface area contributed by atoms with Crippen LogP contribution in [0.3, 0.4) is 0 Å². The minimum Gasteiger partial charge on any atom is -0.457 e. The lowest BCUT2D eigenvalue weighted by Crippen LogP contribution is -2.21. The molecule has 2 rings (SSSR count). The van der Waals surface area contributed by atoms with E-state index in [1.54, 1.807) is 0 Å². The average Bonchev–Trinajstić information content (AvgIpc) is 2.43. The van der Waals surface area contributed by atoms with Gasteiger partial charge in [-0.15, -0.1) is 0 Å². The minimum absolute atomic E-state index is 0.496. The van der Waals surface area contributed by atoms with Crippen molar-refractivity contribution in [2.45, 2.75) is 47.2 Å². The van der Waals surface area contributed by atoms with Crippen molar-refractivity contribution in [2.24, 2.45) is 0 Å². The molecule has 0 aliphatic heterocycles. The molecule has 112 valence electrons. The summed E-state index contributed by atoms with van der Waals surface area (Å²) in [6.45, 7) is 11.5. The van der Waals surface area contributed by atoms with Crippen LogP contribution in [0.25, 0.3) is 0 Å². The van der Waals surface area contributed by atoms with Crippen molar-refractivity contribution in [3.8, 4) is 11.5 Å². The Kier molecular flexibility index (Phi) is 5.03. The number of nitrogens with one attached hydrogen (secondary N) is 1. The Bertz CT molecular complexity index is 617. The highest BCUT2D eigenvalue weighted by atomic mass is 16.5. The molecule has 0 aliphatic rings. The zero-order valence-electron chi connectivity index (χ0n) is 13.7.